The molecule has 1 unspecified atom stereocenters. The van der Waals surface area contributed by atoms with E-state index in [1.165, 1.54) is 0 Å². The number of hydrogen-bond donors (Lipinski definition) is 2. The molecule has 8 nitrogen and oxygen atoms in total. The normalized spacial score (nSPS) is 11.7. The van der Waals surface area contributed by atoms with Gasteiger partial charge in [-0.2, -0.15) is 5.10 Å². The van der Waals surface area contributed by atoms with Crippen LogP contribution in [0.15, 0.2) is 55.1 Å². The second-order valence-corrected chi connectivity index (χ2v) is 6.52. The van der Waals surface area contributed by atoms with Crippen LogP contribution >= 0.6 is 0 Å². The summed E-state index contributed by atoms with van der Waals surface area (Å²) in [5.41, 5.74) is 2.69. The molecule has 2 N–H and O–H groups in total. The van der Waals surface area contributed by atoms with Crippen molar-refractivity contribution in [2.45, 2.75) is 19.2 Å². The van der Waals surface area contributed by atoms with Crippen molar-refractivity contribution in [3.63, 3.8) is 0 Å². The Morgan fingerprint density at radius 3 is 2.72 bits per heavy atom. The van der Waals surface area contributed by atoms with Gasteiger partial charge in [0.1, 0.15) is 12.6 Å². The standard InChI is InChI=1S/C21H25N5O3/c1-22-20(17-12-25-26(2)13-17)21(27)24-11-15-6-7-18(19(9-15)28-3)29-14-16-5-4-8-23-10-16/h4-10,12-13,20,22H,11,14H2,1-3H3,(H,24,27). The van der Waals surface area contributed by atoms with Crippen LogP contribution in [0.25, 0.3) is 0 Å². The van der Waals surface area contributed by atoms with Crippen molar-refractivity contribution in [1.29, 1.82) is 0 Å². The quantitative estimate of drug-likeness (QED) is 0.576. The third-order valence-corrected chi connectivity index (χ3v) is 4.42. The SMILES string of the molecule is CNC(C(=O)NCc1ccc(OCc2cccnc2)c(OC)c1)c1cnn(C)c1. The first-order valence-corrected chi connectivity index (χ1v) is 9.23. The number of aromatic nitrogens is 3. The summed E-state index contributed by atoms with van der Waals surface area (Å²) < 4.78 is 13.0. The summed E-state index contributed by atoms with van der Waals surface area (Å²) in [7, 11) is 5.15. The highest BCUT2D eigenvalue weighted by Gasteiger charge is 2.20. The highest BCUT2D eigenvalue weighted by molar-refractivity contribution is 5.83. The molecular weight excluding hydrogens is 370 g/mol. The average Bonchev–Trinajstić information content (AvgIpc) is 3.18. The van der Waals surface area contributed by atoms with Gasteiger partial charge in [-0.25, -0.2) is 0 Å². The number of carbonyl (C=O) groups is 1. The van der Waals surface area contributed by atoms with E-state index < -0.39 is 6.04 Å². The summed E-state index contributed by atoms with van der Waals surface area (Å²) in [5, 5.41) is 10.1. The van der Waals surface area contributed by atoms with Gasteiger partial charge in [0.2, 0.25) is 5.91 Å². The number of amides is 1. The third kappa shape index (κ3) is 5.32. The topological polar surface area (TPSA) is 90.3 Å². The van der Waals surface area contributed by atoms with Crippen molar-refractivity contribution in [3.05, 3.63) is 71.8 Å². The number of nitrogens with zero attached hydrogens (tertiary/aromatic N) is 3. The van der Waals surface area contributed by atoms with Crippen molar-refractivity contribution in [1.82, 2.24) is 25.4 Å². The van der Waals surface area contributed by atoms with E-state index in [-0.39, 0.29) is 5.91 Å². The van der Waals surface area contributed by atoms with Crippen LogP contribution in [-0.2, 0) is 25.0 Å². The van der Waals surface area contributed by atoms with Crippen molar-refractivity contribution < 1.29 is 14.3 Å². The molecule has 0 bridgehead atoms. The van der Waals surface area contributed by atoms with Crippen molar-refractivity contribution in [2.24, 2.45) is 7.05 Å². The summed E-state index contributed by atoms with van der Waals surface area (Å²) in [6.07, 6.45) is 6.98. The molecule has 0 radical (unpaired) electrons. The molecule has 3 rings (SSSR count). The van der Waals surface area contributed by atoms with Crippen molar-refractivity contribution in [3.8, 4) is 11.5 Å². The molecule has 1 aromatic carbocycles. The molecule has 0 saturated heterocycles. The van der Waals surface area contributed by atoms with E-state index in [0.29, 0.717) is 24.7 Å². The fraction of sp³-hybridized carbons (Fsp3) is 0.286. The predicted octanol–water partition coefficient (Wildman–Crippen LogP) is 1.98. The Morgan fingerprint density at radius 1 is 1.21 bits per heavy atom. The number of pyridine rings is 1. The van der Waals surface area contributed by atoms with Crippen molar-refractivity contribution >= 4 is 5.91 Å². The summed E-state index contributed by atoms with van der Waals surface area (Å²) in [6.45, 7) is 0.770. The predicted molar refractivity (Wildman–Crippen MR) is 108 cm³/mol. The number of rotatable bonds is 9. The zero-order chi connectivity index (χ0) is 20.6. The van der Waals surface area contributed by atoms with Gasteiger partial charge in [-0.05, 0) is 30.8 Å². The maximum absolute atomic E-state index is 12.6. The maximum Gasteiger partial charge on any atom is 0.242 e. The van der Waals surface area contributed by atoms with Gasteiger partial charge >= 0.3 is 0 Å². The molecule has 0 spiro atoms. The van der Waals surface area contributed by atoms with Crippen molar-refractivity contribution in [2.75, 3.05) is 14.2 Å². The van der Waals surface area contributed by atoms with Crippen LogP contribution in [0.5, 0.6) is 11.5 Å². The lowest BCUT2D eigenvalue weighted by Crippen LogP contribution is -2.35. The number of hydrogen-bond acceptors (Lipinski definition) is 6. The molecule has 152 valence electrons. The zero-order valence-electron chi connectivity index (χ0n) is 16.8. The Balaban J connectivity index is 1.61. The van der Waals surface area contributed by atoms with E-state index in [2.05, 4.69) is 20.7 Å². The Morgan fingerprint density at radius 2 is 2.07 bits per heavy atom. The smallest absolute Gasteiger partial charge is 0.242 e. The molecule has 1 atom stereocenters. The van der Waals surface area contributed by atoms with E-state index in [1.54, 1.807) is 37.4 Å². The molecular formula is C21H25N5O3. The first-order valence-electron chi connectivity index (χ1n) is 9.23. The van der Waals surface area contributed by atoms with Crippen LogP contribution in [0.2, 0.25) is 0 Å². The minimum atomic E-state index is -0.465. The molecule has 8 heteroatoms. The Labute approximate surface area is 169 Å². The molecule has 3 aromatic rings. The van der Waals surface area contributed by atoms with Crippen LogP contribution in [-0.4, -0.2) is 34.8 Å². The van der Waals surface area contributed by atoms with Crippen LogP contribution in [0.4, 0.5) is 0 Å². The summed E-state index contributed by atoms with van der Waals surface area (Å²) in [6, 6.07) is 8.95. The summed E-state index contributed by atoms with van der Waals surface area (Å²) in [4.78, 5) is 16.6. The van der Waals surface area contributed by atoms with Gasteiger partial charge in [0.05, 0.1) is 13.3 Å². The van der Waals surface area contributed by atoms with Gasteiger partial charge in [-0.3, -0.25) is 14.5 Å². The highest BCUT2D eigenvalue weighted by atomic mass is 16.5. The number of aryl methyl sites for hydroxylation is 1. The van der Waals surface area contributed by atoms with Gasteiger partial charge < -0.3 is 20.1 Å². The number of methoxy groups -OCH3 is 1. The molecule has 0 aliphatic heterocycles. The number of carbonyl (C=O) groups excluding carboxylic acids is 1. The molecule has 0 saturated carbocycles. The van der Waals surface area contributed by atoms with Gasteiger partial charge in [-0.1, -0.05) is 12.1 Å². The number of ether oxygens (including phenoxy) is 2. The van der Waals surface area contributed by atoms with E-state index in [1.807, 2.05) is 43.6 Å². The van der Waals surface area contributed by atoms with Crippen LogP contribution in [0.1, 0.15) is 22.7 Å². The molecule has 2 aromatic heterocycles. The zero-order valence-corrected chi connectivity index (χ0v) is 16.8. The molecule has 0 aliphatic rings. The molecule has 29 heavy (non-hydrogen) atoms. The number of benzene rings is 1. The summed E-state index contributed by atoms with van der Waals surface area (Å²) >= 11 is 0. The fourth-order valence-corrected chi connectivity index (χ4v) is 2.92. The monoisotopic (exact) mass is 395 g/mol. The Hall–Kier alpha value is -3.39. The first-order chi connectivity index (χ1) is 14.1. The van der Waals surface area contributed by atoms with E-state index in [4.69, 9.17) is 9.47 Å². The lowest BCUT2D eigenvalue weighted by Gasteiger charge is -2.16. The second kappa shape index (κ2) is 9.70. The molecule has 1 amide bonds. The largest absolute Gasteiger partial charge is 0.493 e. The van der Waals surface area contributed by atoms with Gasteiger partial charge in [-0.15, -0.1) is 0 Å². The minimum absolute atomic E-state index is 0.128. The minimum Gasteiger partial charge on any atom is -0.493 e. The van der Waals surface area contributed by atoms with Crippen LogP contribution in [0.3, 0.4) is 0 Å². The highest BCUT2D eigenvalue weighted by Crippen LogP contribution is 2.29. The molecule has 0 fully saturated rings. The lowest BCUT2D eigenvalue weighted by molar-refractivity contribution is -0.123. The molecule has 2 heterocycles. The third-order valence-electron chi connectivity index (χ3n) is 4.42. The second-order valence-electron chi connectivity index (χ2n) is 6.52. The van der Waals surface area contributed by atoms with Gasteiger partial charge in [0.15, 0.2) is 11.5 Å². The maximum atomic E-state index is 12.6. The van der Waals surface area contributed by atoms with Gasteiger partial charge in [0, 0.05) is 43.3 Å². The Bertz CT molecular complexity index is 942. The van der Waals surface area contributed by atoms with Crippen LogP contribution < -0.4 is 20.1 Å². The Kier molecular flexibility index (Phi) is 6.80. The summed E-state index contributed by atoms with van der Waals surface area (Å²) in [5.74, 6) is 1.12. The molecule has 0 aliphatic carbocycles. The average molecular weight is 395 g/mol. The number of likely N-dealkylation sites (N-methyl/N-ethyl adjacent to an activating group) is 1. The fourth-order valence-electron chi connectivity index (χ4n) is 2.92. The lowest BCUT2D eigenvalue weighted by atomic mass is 10.1. The van der Waals surface area contributed by atoms with E-state index in [0.717, 1.165) is 16.7 Å². The van der Waals surface area contributed by atoms with E-state index >= 15 is 0 Å². The number of nitrogens with one attached hydrogen (secondary N) is 2. The van der Waals surface area contributed by atoms with Gasteiger partial charge in [0.25, 0.3) is 0 Å². The van der Waals surface area contributed by atoms with Crippen LogP contribution in [0, 0.1) is 0 Å². The first kappa shape index (κ1) is 20.3. The van der Waals surface area contributed by atoms with E-state index in [9.17, 15) is 4.79 Å².